The van der Waals surface area contributed by atoms with Crippen LogP contribution in [0.3, 0.4) is 0 Å². The van der Waals surface area contributed by atoms with Gasteiger partial charge in [0.15, 0.2) is 0 Å². The predicted octanol–water partition coefficient (Wildman–Crippen LogP) is 2.08. The smallest absolute Gasteiger partial charge is 0.133 e. The molecule has 2 aliphatic rings. The normalized spacial score (nSPS) is 26.2. The third-order valence-electron chi connectivity index (χ3n) is 4.48. The van der Waals surface area contributed by atoms with E-state index in [4.69, 9.17) is 9.72 Å². The van der Waals surface area contributed by atoms with Gasteiger partial charge in [-0.2, -0.15) is 0 Å². The van der Waals surface area contributed by atoms with Crippen molar-refractivity contribution in [1.82, 2.24) is 15.3 Å². The van der Waals surface area contributed by atoms with E-state index in [1.807, 2.05) is 0 Å². The molecule has 3 rings (SSSR count). The summed E-state index contributed by atoms with van der Waals surface area (Å²) in [5, 5.41) is 3.45. The number of fused-ring (bicyclic) bond motifs is 1. The van der Waals surface area contributed by atoms with Gasteiger partial charge in [-0.1, -0.05) is 6.92 Å². The Hall–Kier alpha value is -1.00. The molecule has 0 spiro atoms. The van der Waals surface area contributed by atoms with Crippen molar-refractivity contribution in [1.29, 1.82) is 0 Å². The molecule has 20 heavy (non-hydrogen) atoms. The minimum atomic E-state index is 0.411. The number of aromatic nitrogens is 2. The zero-order valence-corrected chi connectivity index (χ0v) is 12.4. The number of nitrogens with one attached hydrogen (secondary N) is 1. The Labute approximate surface area is 121 Å². The third-order valence-corrected chi connectivity index (χ3v) is 4.48. The van der Waals surface area contributed by atoms with Crippen LogP contribution in [0, 0.1) is 5.92 Å². The number of nitrogens with zero attached hydrogens (tertiary/aromatic N) is 2. The molecule has 1 N–H and O–H groups in total. The second-order valence-corrected chi connectivity index (χ2v) is 6.03. The fraction of sp³-hybridized carbons (Fsp3) is 0.750. The van der Waals surface area contributed by atoms with E-state index in [0.717, 1.165) is 57.3 Å². The molecule has 2 heterocycles. The van der Waals surface area contributed by atoms with Crippen molar-refractivity contribution in [3.63, 3.8) is 0 Å². The van der Waals surface area contributed by atoms with E-state index in [1.165, 1.54) is 24.1 Å². The molecule has 1 aromatic rings. The standard InChI is InChI=1S/C16H25N3O/c1-2-17-9-12-5-6-15-14(8-12)10-18-16(19-15)13-4-3-7-20-11-13/h10,12-13,17H,2-9,11H2,1H3. The lowest BCUT2D eigenvalue weighted by Crippen LogP contribution is -2.28. The quantitative estimate of drug-likeness (QED) is 0.914. The summed E-state index contributed by atoms with van der Waals surface area (Å²) in [5.74, 6) is 2.16. The van der Waals surface area contributed by atoms with E-state index in [9.17, 15) is 0 Å². The Kier molecular flexibility index (Phi) is 4.63. The van der Waals surface area contributed by atoms with Crippen LogP contribution in [0.15, 0.2) is 6.20 Å². The number of rotatable bonds is 4. The van der Waals surface area contributed by atoms with Crippen LogP contribution in [0.4, 0.5) is 0 Å². The summed E-state index contributed by atoms with van der Waals surface area (Å²) in [6.45, 7) is 6.03. The first-order chi connectivity index (χ1) is 9.86. The molecule has 0 radical (unpaired) electrons. The maximum Gasteiger partial charge on any atom is 0.133 e. The Bertz CT molecular complexity index is 443. The number of aryl methyl sites for hydroxylation is 1. The molecule has 1 saturated heterocycles. The van der Waals surface area contributed by atoms with Crippen LogP contribution in [-0.4, -0.2) is 36.3 Å². The van der Waals surface area contributed by atoms with Crippen molar-refractivity contribution in [3.05, 3.63) is 23.3 Å². The van der Waals surface area contributed by atoms with Crippen LogP contribution in [0.25, 0.3) is 0 Å². The van der Waals surface area contributed by atoms with E-state index in [-0.39, 0.29) is 0 Å². The summed E-state index contributed by atoms with van der Waals surface area (Å²) in [7, 11) is 0. The van der Waals surface area contributed by atoms with Crippen LogP contribution in [0.1, 0.15) is 49.2 Å². The van der Waals surface area contributed by atoms with Gasteiger partial charge in [0.1, 0.15) is 5.82 Å². The van der Waals surface area contributed by atoms with Crippen molar-refractivity contribution in [2.45, 2.75) is 44.9 Å². The molecule has 4 heteroatoms. The minimum Gasteiger partial charge on any atom is -0.381 e. The van der Waals surface area contributed by atoms with Gasteiger partial charge in [-0.15, -0.1) is 0 Å². The van der Waals surface area contributed by atoms with Crippen molar-refractivity contribution in [2.24, 2.45) is 5.92 Å². The van der Waals surface area contributed by atoms with Gasteiger partial charge in [0, 0.05) is 24.4 Å². The largest absolute Gasteiger partial charge is 0.381 e. The topological polar surface area (TPSA) is 47.0 Å². The van der Waals surface area contributed by atoms with Gasteiger partial charge in [0.05, 0.1) is 6.61 Å². The highest BCUT2D eigenvalue weighted by atomic mass is 16.5. The Balaban J connectivity index is 1.68. The highest BCUT2D eigenvalue weighted by molar-refractivity contribution is 5.22. The summed E-state index contributed by atoms with van der Waals surface area (Å²) in [6, 6.07) is 0. The van der Waals surface area contributed by atoms with Gasteiger partial charge in [-0.05, 0) is 56.7 Å². The summed E-state index contributed by atoms with van der Waals surface area (Å²) >= 11 is 0. The molecule has 1 fully saturated rings. The molecule has 0 saturated carbocycles. The van der Waals surface area contributed by atoms with E-state index in [0.29, 0.717) is 5.92 Å². The van der Waals surface area contributed by atoms with Crippen LogP contribution in [-0.2, 0) is 17.6 Å². The fourth-order valence-electron chi connectivity index (χ4n) is 3.26. The van der Waals surface area contributed by atoms with E-state index in [1.54, 1.807) is 0 Å². The molecule has 110 valence electrons. The predicted molar refractivity (Wildman–Crippen MR) is 78.9 cm³/mol. The van der Waals surface area contributed by atoms with Crippen molar-refractivity contribution in [3.8, 4) is 0 Å². The zero-order valence-electron chi connectivity index (χ0n) is 12.4. The van der Waals surface area contributed by atoms with Crippen LogP contribution < -0.4 is 5.32 Å². The number of hydrogen-bond acceptors (Lipinski definition) is 4. The van der Waals surface area contributed by atoms with E-state index in [2.05, 4.69) is 23.4 Å². The summed E-state index contributed by atoms with van der Waals surface area (Å²) in [5.41, 5.74) is 2.65. The van der Waals surface area contributed by atoms with E-state index < -0.39 is 0 Å². The van der Waals surface area contributed by atoms with Gasteiger partial charge < -0.3 is 10.1 Å². The first-order valence-electron chi connectivity index (χ1n) is 8.00. The van der Waals surface area contributed by atoms with Gasteiger partial charge in [-0.25, -0.2) is 9.97 Å². The van der Waals surface area contributed by atoms with Crippen molar-refractivity contribution >= 4 is 0 Å². The van der Waals surface area contributed by atoms with Gasteiger partial charge in [-0.3, -0.25) is 0 Å². The lowest BCUT2D eigenvalue weighted by Gasteiger charge is -2.26. The Morgan fingerprint density at radius 1 is 1.40 bits per heavy atom. The van der Waals surface area contributed by atoms with Crippen molar-refractivity contribution in [2.75, 3.05) is 26.3 Å². The average Bonchev–Trinajstić information content (AvgIpc) is 2.53. The van der Waals surface area contributed by atoms with Gasteiger partial charge >= 0.3 is 0 Å². The highest BCUT2D eigenvalue weighted by Gasteiger charge is 2.23. The number of hydrogen-bond donors (Lipinski definition) is 1. The second-order valence-electron chi connectivity index (χ2n) is 6.03. The molecule has 1 aliphatic heterocycles. The van der Waals surface area contributed by atoms with Crippen LogP contribution in [0.2, 0.25) is 0 Å². The third kappa shape index (κ3) is 3.18. The first kappa shape index (κ1) is 14.0. The molecule has 1 aliphatic carbocycles. The highest BCUT2D eigenvalue weighted by Crippen LogP contribution is 2.27. The summed E-state index contributed by atoms with van der Waals surface area (Å²) < 4.78 is 5.55. The average molecular weight is 275 g/mol. The fourth-order valence-corrected chi connectivity index (χ4v) is 3.26. The molecule has 1 aromatic heterocycles. The molecule has 4 nitrogen and oxygen atoms in total. The molecule has 0 aromatic carbocycles. The van der Waals surface area contributed by atoms with Gasteiger partial charge in [0.2, 0.25) is 0 Å². The van der Waals surface area contributed by atoms with E-state index >= 15 is 0 Å². The molecule has 0 bridgehead atoms. The Morgan fingerprint density at radius 3 is 3.15 bits per heavy atom. The number of ether oxygens (including phenoxy) is 1. The van der Waals surface area contributed by atoms with Crippen LogP contribution >= 0.6 is 0 Å². The first-order valence-corrected chi connectivity index (χ1v) is 8.00. The Morgan fingerprint density at radius 2 is 2.35 bits per heavy atom. The monoisotopic (exact) mass is 275 g/mol. The van der Waals surface area contributed by atoms with Crippen LogP contribution in [0.5, 0.6) is 0 Å². The molecule has 2 atom stereocenters. The molecule has 0 amide bonds. The maximum atomic E-state index is 5.55. The second kappa shape index (κ2) is 6.64. The SMILES string of the molecule is CCNCC1CCc2nc(C3CCCOC3)ncc2C1. The lowest BCUT2D eigenvalue weighted by molar-refractivity contribution is 0.0779. The van der Waals surface area contributed by atoms with Crippen molar-refractivity contribution < 1.29 is 4.74 Å². The van der Waals surface area contributed by atoms with Gasteiger partial charge in [0.25, 0.3) is 0 Å². The minimum absolute atomic E-state index is 0.411. The molecular formula is C16H25N3O. The maximum absolute atomic E-state index is 5.55. The summed E-state index contributed by atoms with van der Waals surface area (Å²) in [6.07, 6.45) is 7.86. The molecular weight excluding hydrogens is 250 g/mol. The molecule has 2 unspecified atom stereocenters. The zero-order chi connectivity index (χ0) is 13.8. The lowest BCUT2D eigenvalue weighted by atomic mass is 9.87. The summed E-state index contributed by atoms with van der Waals surface area (Å²) in [4.78, 5) is 9.46.